The Balaban J connectivity index is 1.66. The standard InChI is InChI=1S/C35H64O/c1-7-36-35(5,6)34-32(26(3)29-19-13-9-14-20-29)23-31(25(2)28-17-11-8-12-18-28)24-33(34)27(4)30-21-15-10-16-22-30/h25-34H,7-24H2,1-6H3. The molecule has 4 fully saturated rings. The van der Waals surface area contributed by atoms with E-state index in [1.54, 1.807) is 0 Å². The second-order valence-electron chi connectivity index (χ2n) is 14.9. The van der Waals surface area contributed by atoms with Crippen LogP contribution in [0, 0.1) is 59.2 Å². The summed E-state index contributed by atoms with van der Waals surface area (Å²) in [6.45, 7) is 16.2. The Bertz CT molecular complexity index is 587. The molecule has 0 spiro atoms. The van der Waals surface area contributed by atoms with E-state index in [2.05, 4.69) is 41.5 Å². The summed E-state index contributed by atoms with van der Waals surface area (Å²) in [7, 11) is 0. The van der Waals surface area contributed by atoms with E-state index in [0.29, 0.717) is 0 Å². The van der Waals surface area contributed by atoms with Crippen molar-refractivity contribution in [3.63, 3.8) is 0 Å². The van der Waals surface area contributed by atoms with Crippen LogP contribution in [0.4, 0.5) is 0 Å². The zero-order valence-corrected chi connectivity index (χ0v) is 25.4. The first kappa shape index (κ1) is 29.0. The van der Waals surface area contributed by atoms with E-state index in [1.807, 2.05) is 0 Å². The molecule has 0 saturated heterocycles. The van der Waals surface area contributed by atoms with Crippen molar-refractivity contribution in [2.75, 3.05) is 6.61 Å². The highest BCUT2D eigenvalue weighted by Crippen LogP contribution is 2.57. The molecule has 0 heterocycles. The SMILES string of the molecule is CCOC(C)(C)C1C(C(C)C2CCCCC2)CC(C(C)C2CCCCC2)CC1C(C)C1CCCCC1. The molecule has 5 atom stereocenters. The van der Waals surface area contributed by atoms with Crippen LogP contribution in [0.1, 0.15) is 151 Å². The van der Waals surface area contributed by atoms with Crippen molar-refractivity contribution in [3.05, 3.63) is 0 Å². The van der Waals surface area contributed by atoms with Crippen molar-refractivity contribution < 1.29 is 4.74 Å². The highest BCUT2D eigenvalue weighted by atomic mass is 16.5. The minimum absolute atomic E-state index is 0.00498. The van der Waals surface area contributed by atoms with Gasteiger partial charge in [-0.1, -0.05) is 117 Å². The fourth-order valence-corrected chi connectivity index (χ4v) is 10.5. The number of ether oxygens (including phenoxy) is 1. The highest BCUT2D eigenvalue weighted by molar-refractivity contribution is 5.01. The smallest absolute Gasteiger partial charge is 0.0659 e. The van der Waals surface area contributed by atoms with Crippen LogP contribution in [0.15, 0.2) is 0 Å². The average Bonchev–Trinajstić information content (AvgIpc) is 2.92. The van der Waals surface area contributed by atoms with Gasteiger partial charge in [-0.05, 0) is 92.8 Å². The van der Waals surface area contributed by atoms with Gasteiger partial charge in [0.25, 0.3) is 0 Å². The zero-order chi connectivity index (χ0) is 25.7. The molecule has 4 aliphatic rings. The van der Waals surface area contributed by atoms with Gasteiger partial charge < -0.3 is 4.74 Å². The largest absolute Gasteiger partial charge is 0.376 e. The second-order valence-corrected chi connectivity index (χ2v) is 14.9. The van der Waals surface area contributed by atoms with Gasteiger partial charge in [-0.3, -0.25) is 0 Å². The lowest BCUT2D eigenvalue weighted by atomic mass is 9.51. The molecule has 210 valence electrons. The first-order chi connectivity index (χ1) is 17.3. The summed E-state index contributed by atoms with van der Waals surface area (Å²) in [5.74, 6) is 8.90. The van der Waals surface area contributed by atoms with Gasteiger partial charge in [-0.2, -0.15) is 0 Å². The summed E-state index contributed by atoms with van der Waals surface area (Å²) in [5.41, 5.74) is -0.00498. The molecule has 0 aromatic heterocycles. The minimum atomic E-state index is -0.00498. The molecule has 0 aromatic carbocycles. The number of hydrogen-bond donors (Lipinski definition) is 0. The maximum atomic E-state index is 6.72. The summed E-state index contributed by atoms with van der Waals surface area (Å²) < 4.78 is 6.72. The molecule has 4 aliphatic carbocycles. The summed E-state index contributed by atoms with van der Waals surface area (Å²) in [4.78, 5) is 0. The van der Waals surface area contributed by atoms with Crippen molar-refractivity contribution >= 4 is 0 Å². The van der Waals surface area contributed by atoms with E-state index in [9.17, 15) is 0 Å². The predicted octanol–water partition coefficient (Wildman–Crippen LogP) is 10.7. The summed E-state index contributed by atoms with van der Waals surface area (Å²) in [6, 6.07) is 0. The molecular weight excluding hydrogens is 436 g/mol. The Labute approximate surface area is 226 Å². The van der Waals surface area contributed by atoms with Gasteiger partial charge in [0.15, 0.2) is 0 Å². The van der Waals surface area contributed by atoms with Gasteiger partial charge in [-0.25, -0.2) is 0 Å². The molecule has 4 rings (SSSR count). The topological polar surface area (TPSA) is 9.23 Å². The van der Waals surface area contributed by atoms with Crippen LogP contribution >= 0.6 is 0 Å². The number of hydrogen-bond acceptors (Lipinski definition) is 1. The molecular formula is C35H64O. The predicted molar refractivity (Wildman–Crippen MR) is 156 cm³/mol. The Kier molecular flexibility index (Phi) is 10.7. The van der Waals surface area contributed by atoms with E-state index in [-0.39, 0.29) is 5.60 Å². The maximum Gasteiger partial charge on any atom is 0.0659 e. The van der Waals surface area contributed by atoms with Gasteiger partial charge in [-0.15, -0.1) is 0 Å². The Morgan fingerprint density at radius 3 is 1.28 bits per heavy atom. The molecule has 0 radical (unpaired) electrons. The summed E-state index contributed by atoms with van der Waals surface area (Å²) in [5, 5.41) is 0. The normalized spacial score (nSPS) is 34.8. The molecule has 36 heavy (non-hydrogen) atoms. The first-order valence-electron chi connectivity index (χ1n) is 17.0. The van der Waals surface area contributed by atoms with Crippen LogP contribution in [0.25, 0.3) is 0 Å². The van der Waals surface area contributed by atoms with Crippen LogP contribution in [-0.4, -0.2) is 12.2 Å². The van der Waals surface area contributed by atoms with Gasteiger partial charge in [0.05, 0.1) is 5.60 Å². The molecule has 5 unspecified atom stereocenters. The van der Waals surface area contributed by atoms with Crippen molar-refractivity contribution in [1.82, 2.24) is 0 Å². The third-order valence-corrected chi connectivity index (χ3v) is 12.7. The van der Waals surface area contributed by atoms with Crippen LogP contribution in [0.5, 0.6) is 0 Å². The molecule has 0 aromatic rings. The Morgan fingerprint density at radius 2 is 0.917 bits per heavy atom. The second kappa shape index (κ2) is 13.3. The van der Waals surface area contributed by atoms with Crippen LogP contribution in [0.3, 0.4) is 0 Å². The van der Waals surface area contributed by atoms with Crippen LogP contribution < -0.4 is 0 Å². The zero-order valence-electron chi connectivity index (χ0n) is 25.4. The van der Waals surface area contributed by atoms with Gasteiger partial charge in [0.2, 0.25) is 0 Å². The maximum absolute atomic E-state index is 6.72. The van der Waals surface area contributed by atoms with Crippen LogP contribution in [0.2, 0.25) is 0 Å². The Hall–Kier alpha value is -0.0400. The van der Waals surface area contributed by atoms with E-state index in [0.717, 1.165) is 65.8 Å². The van der Waals surface area contributed by atoms with Crippen molar-refractivity contribution in [3.8, 4) is 0 Å². The summed E-state index contributed by atoms with van der Waals surface area (Å²) in [6.07, 6.45) is 25.3. The van der Waals surface area contributed by atoms with E-state index < -0.39 is 0 Å². The van der Waals surface area contributed by atoms with Crippen molar-refractivity contribution in [2.45, 2.75) is 156 Å². The quantitative estimate of drug-likeness (QED) is 0.306. The van der Waals surface area contributed by atoms with E-state index >= 15 is 0 Å². The molecule has 1 nitrogen and oxygen atoms in total. The highest BCUT2D eigenvalue weighted by Gasteiger charge is 2.52. The molecule has 1 heteroatoms. The molecule has 4 saturated carbocycles. The Morgan fingerprint density at radius 1 is 0.556 bits per heavy atom. The van der Waals surface area contributed by atoms with Gasteiger partial charge in [0.1, 0.15) is 0 Å². The lowest BCUT2D eigenvalue weighted by Crippen LogP contribution is -2.53. The number of rotatable bonds is 9. The van der Waals surface area contributed by atoms with E-state index in [4.69, 9.17) is 4.74 Å². The molecule has 0 bridgehead atoms. The van der Waals surface area contributed by atoms with Crippen molar-refractivity contribution in [1.29, 1.82) is 0 Å². The monoisotopic (exact) mass is 500 g/mol. The minimum Gasteiger partial charge on any atom is -0.376 e. The molecule has 0 N–H and O–H groups in total. The fraction of sp³-hybridized carbons (Fsp3) is 1.00. The van der Waals surface area contributed by atoms with E-state index in [1.165, 1.54) is 109 Å². The van der Waals surface area contributed by atoms with Gasteiger partial charge >= 0.3 is 0 Å². The van der Waals surface area contributed by atoms with Gasteiger partial charge in [0, 0.05) is 6.61 Å². The lowest BCUT2D eigenvalue weighted by molar-refractivity contribution is -0.145. The third-order valence-electron chi connectivity index (χ3n) is 12.7. The fourth-order valence-electron chi connectivity index (χ4n) is 10.5. The average molecular weight is 501 g/mol. The lowest BCUT2D eigenvalue weighted by Gasteiger charge is -2.56. The third kappa shape index (κ3) is 6.74. The molecule has 0 amide bonds. The van der Waals surface area contributed by atoms with Crippen molar-refractivity contribution in [2.24, 2.45) is 59.2 Å². The summed E-state index contributed by atoms with van der Waals surface area (Å²) >= 11 is 0. The first-order valence-corrected chi connectivity index (χ1v) is 17.0. The van der Waals surface area contributed by atoms with Crippen LogP contribution in [-0.2, 0) is 4.74 Å². The molecule has 0 aliphatic heterocycles.